The first-order valence-corrected chi connectivity index (χ1v) is 12.7. The fourth-order valence-corrected chi connectivity index (χ4v) is 5.11. The number of hydrogen-bond donors (Lipinski definition) is 1. The highest BCUT2D eigenvalue weighted by atomic mass is 32.2. The second-order valence-electron chi connectivity index (χ2n) is 10.0. The van der Waals surface area contributed by atoms with E-state index in [0.717, 1.165) is 27.8 Å². The van der Waals surface area contributed by atoms with E-state index in [-0.39, 0.29) is 23.3 Å². The predicted molar refractivity (Wildman–Crippen MR) is 128 cm³/mol. The molecule has 1 aliphatic rings. The van der Waals surface area contributed by atoms with Gasteiger partial charge >= 0.3 is 6.09 Å². The molecule has 2 amide bonds. The van der Waals surface area contributed by atoms with Crippen LogP contribution in [0.25, 0.3) is 0 Å². The van der Waals surface area contributed by atoms with Gasteiger partial charge in [0, 0.05) is 18.5 Å². The molecule has 1 atom stereocenters. The van der Waals surface area contributed by atoms with E-state index in [4.69, 9.17) is 9.15 Å². The Bertz CT molecular complexity index is 940. The maximum atomic E-state index is 12.8. The average molecular weight is 480 g/mol. The third kappa shape index (κ3) is 7.00. The van der Waals surface area contributed by atoms with Gasteiger partial charge in [-0.15, -0.1) is 23.1 Å². The molecule has 0 radical (unpaired) electrons. The van der Waals surface area contributed by atoms with Gasteiger partial charge < -0.3 is 19.4 Å². The fourth-order valence-electron chi connectivity index (χ4n) is 3.23. The molecule has 2 aromatic rings. The number of nitrogens with one attached hydrogen (secondary N) is 1. The Kier molecular flexibility index (Phi) is 7.60. The fraction of sp³-hybridized carbons (Fsp3) is 0.609. The maximum Gasteiger partial charge on any atom is 0.410 e. The molecular formula is C23H33N3O4S2. The van der Waals surface area contributed by atoms with E-state index >= 15 is 0 Å². The van der Waals surface area contributed by atoms with Crippen LogP contribution in [0.3, 0.4) is 0 Å². The minimum atomic E-state index is -0.545. The molecule has 9 heteroatoms. The van der Waals surface area contributed by atoms with Crippen molar-refractivity contribution in [1.82, 2.24) is 9.88 Å². The van der Waals surface area contributed by atoms with Crippen LogP contribution in [-0.2, 0) is 20.7 Å². The van der Waals surface area contributed by atoms with Crippen molar-refractivity contribution in [2.75, 3.05) is 18.4 Å². The van der Waals surface area contributed by atoms with Crippen molar-refractivity contribution in [3.63, 3.8) is 0 Å². The number of aromatic nitrogens is 1. The summed E-state index contributed by atoms with van der Waals surface area (Å²) in [5.74, 6) is 1.91. The number of carbonyl (C=O) groups is 2. The standard InChI is InChI=1S/C23H33N3O4S2/c1-22(2,3)16-12-24-17(29-16)14-31-19-10-9-18(32-19)25-20(27)15-8-7-11-26(13-15)21(28)30-23(4,5)6/h9-10,12,15H,7-8,11,13-14H2,1-6H3,(H,25,27)/t15-/m0/s1. The van der Waals surface area contributed by atoms with Crippen molar-refractivity contribution in [3.05, 3.63) is 30.0 Å². The summed E-state index contributed by atoms with van der Waals surface area (Å²) >= 11 is 3.16. The highest BCUT2D eigenvalue weighted by Crippen LogP contribution is 2.34. The third-order valence-corrected chi connectivity index (χ3v) is 7.11. The average Bonchev–Trinajstić information content (AvgIpc) is 3.34. The molecule has 1 aliphatic heterocycles. The van der Waals surface area contributed by atoms with Crippen LogP contribution in [0.5, 0.6) is 0 Å². The van der Waals surface area contributed by atoms with Crippen LogP contribution in [0.15, 0.2) is 27.0 Å². The summed E-state index contributed by atoms with van der Waals surface area (Å²) in [6.45, 7) is 12.8. The smallest absolute Gasteiger partial charge is 0.410 e. The Hall–Kier alpha value is -2.00. The van der Waals surface area contributed by atoms with Gasteiger partial charge in [0.2, 0.25) is 11.8 Å². The molecule has 2 aromatic heterocycles. The number of rotatable bonds is 5. The number of amides is 2. The first-order valence-electron chi connectivity index (χ1n) is 10.9. The molecule has 32 heavy (non-hydrogen) atoms. The van der Waals surface area contributed by atoms with Crippen LogP contribution in [-0.4, -0.2) is 40.6 Å². The van der Waals surface area contributed by atoms with Crippen molar-refractivity contribution < 1.29 is 18.7 Å². The molecule has 0 bridgehead atoms. The van der Waals surface area contributed by atoms with Gasteiger partial charge in [0.25, 0.3) is 0 Å². The second-order valence-corrected chi connectivity index (χ2v) is 12.4. The van der Waals surface area contributed by atoms with Crippen molar-refractivity contribution >= 4 is 40.1 Å². The summed E-state index contributed by atoms with van der Waals surface area (Å²) < 4.78 is 12.4. The molecule has 0 unspecified atom stereocenters. The zero-order chi connectivity index (χ0) is 23.5. The molecule has 176 valence electrons. The molecule has 7 nitrogen and oxygen atoms in total. The monoisotopic (exact) mass is 479 g/mol. The number of nitrogens with zero attached hydrogens (tertiary/aromatic N) is 2. The molecule has 3 rings (SSSR count). The van der Waals surface area contributed by atoms with Gasteiger partial charge in [-0.2, -0.15) is 0 Å². The summed E-state index contributed by atoms with van der Waals surface area (Å²) in [6.07, 6.45) is 2.99. The number of anilines is 1. The normalized spacial score (nSPS) is 17.3. The number of hydrogen-bond acceptors (Lipinski definition) is 7. The van der Waals surface area contributed by atoms with Crippen LogP contribution >= 0.6 is 23.1 Å². The summed E-state index contributed by atoms with van der Waals surface area (Å²) in [4.78, 5) is 31.1. The third-order valence-electron chi connectivity index (χ3n) is 4.90. The summed E-state index contributed by atoms with van der Waals surface area (Å²) in [7, 11) is 0. The highest BCUT2D eigenvalue weighted by molar-refractivity contribution is 8.00. The number of thiophene rings is 1. The Morgan fingerprint density at radius 1 is 1.28 bits per heavy atom. The maximum absolute atomic E-state index is 12.8. The molecular weight excluding hydrogens is 446 g/mol. The van der Waals surface area contributed by atoms with E-state index in [9.17, 15) is 9.59 Å². The van der Waals surface area contributed by atoms with Crippen LogP contribution in [0.4, 0.5) is 9.80 Å². The van der Waals surface area contributed by atoms with Crippen molar-refractivity contribution in [3.8, 4) is 0 Å². The van der Waals surface area contributed by atoms with Gasteiger partial charge in [-0.3, -0.25) is 4.79 Å². The highest BCUT2D eigenvalue weighted by Gasteiger charge is 2.31. The Morgan fingerprint density at radius 3 is 2.69 bits per heavy atom. The molecule has 0 spiro atoms. The van der Waals surface area contributed by atoms with E-state index in [1.54, 1.807) is 22.9 Å². The van der Waals surface area contributed by atoms with Crippen LogP contribution < -0.4 is 5.32 Å². The Balaban J connectivity index is 1.50. The van der Waals surface area contributed by atoms with E-state index in [2.05, 4.69) is 31.1 Å². The van der Waals surface area contributed by atoms with Crippen LogP contribution in [0.2, 0.25) is 0 Å². The number of likely N-dealkylation sites (tertiary alicyclic amines) is 1. The lowest BCUT2D eigenvalue weighted by Crippen LogP contribution is -2.45. The topological polar surface area (TPSA) is 84.7 Å². The Morgan fingerprint density at radius 2 is 2.03 bits per heavy atom. The van der Waals surface area contributed by atoms with Crippen molar-refractivity contribution in [1.29, 1.82) is 0 Å². The lowest BCUT2D eigenvalue weighted by atomic mass is 9.94. The summed E-state index contributed by atoms with van der Waals surface area (Å²) in [5, 5.41) is 3.81. The largest absolute Gasteiger partial charge is 0.444 e. The van der Waals surface area contributed by atoms with Crippen molar-refractivity contribution in [2.24, 2.45) is 5.92 Å². The van der Waals surface area contributed by atoms with Gasteiger partial charge in [0.1, 0.15) is 11.4 Å². The molecule has 0 aliphatic carbocycles. The van der Waals surface area contributed by atoms with Crippen LogP contribution in [0, 0.1) is 5.92 Å². The van der Waals surface area contributed by atoms with E-state index in [1.165, 1.54) is 11.3 Å². The number of oxazole rings is 1. The van der Waals surface area contributed by atoms with Gasteiger partial charge in [-0.05, 0) is 45.7 Å². The van der Waals surface area contributed by atoms with E-state index < -0.39 is 5.60 Å². The lowest BCUT2D eigenvalue weighted by molar-refractivity contribution is -0.121. The molecule has 1 N–H and O–H groups in total. The number of carbonyl (C=O) groups excluding carboxylic acids is 2. The van der Waals surface area contributed by atoms with Gasteiger partial charge in [-0.25, -0.2) is 9.78 Å². The lowest BCUT2D eigenvalue weighted by Gasteiger charge is -2.33. The quantitative estimate of drug-likeness (QED) is 0.537. The van der Waals surface area contributed by atoms with Crippen molar-refractivity contribution in [2.45, 2.75) is 75.4 Å². The molecule has 0 aromatic carbocycles. The van der Waals surface area contributed by atoms with Gasteiger partial charge in [-0.1, -0.05) is 20.8 Å². The van der Waals surface area contributed by atoms with Gasteiger partial charge in [0.15, 0.2) is 0 Å². The molecule has 0 saturated carbocycles. The first-order chi connectivity index (χ1) is 14.9. The van der Waals surface area contributed by atoms with Gasteiger partial charge in [0.05, 0.1) is 27.1 Å². The molecule has 1 saturated heterocycles. The van der Waals surface area contributed by atoms with E-state index in [1.807, 2.05) is 32.9 Å². The first kappa shape index (κ1) is 24.6. The Labute approximate surface area is 198 Å². The minimum absolute atomic E-state index is 0.0563. The number of piperidine rings is 1. The zero-order valence-corrected chi connectivity index (χ0v) is 21.3. The molecule has 3 heterocycles. The van der Waals surface area contributed by atoms with Crippen LogP contribution in [0.1, 0.15) is 66.0 Å². The predicted octanol–water partition coefficient (Wildman–Crippen LogP) is 5.91. The zero-order valence-electron chi connectivity index (χ0n) is 19.7. The molecule has 1 fully saturated rings. The van der Waals surface area contributed by atoms with E-state index in [0.29, 0.717) is 24.7 Å². The second kappa shape index (κ2) is 9.87. The number of thioether (sulfide) groups is 1. The SMILES string of the molecule is CC(C)(C)OC(=O)N1CCC[C@H](C(=O)Nc2ccc(SCc3ncc(C(C)(C)C)o3)s2)C1. The minimum Gasteiger partial charge on any atom is -0.444 e. The summed E-state index contributed by atoms with van der Waals surface area (Å²) in [5.41, 5.74) is -0.606. The summed E-state index contributed by atoms with van der Waals surface area (Å²) in [6, 6.07) is 3.90. The number of ether oxygens (including phenoxy) is 1.